The maximum atomic E-state index is 5.80. The molecular weight excluding hydrogens is 186 g/mol. The maximum Gasteiger partial charge on any atom is 0.121 e. The normalized spacial score (nSPS) is 12.5. The van der Waals surface area contributed by atoms with Gasteiger partial charge in [0.1, 0.15) is 5.75 Å². The van der Waals surface area contributed by atoms with E-state index in [0.717, 1.165) is 12.2 Å². The molecule has 1 aromatic rings. The Labute approximate surface area is 83.6 Å². The minimum atomic E-state index is 0.142. The van der Waals surface area contributed by atoms with Gasteiger partial charge in [-0.25, -0.2) is 0 Å². The summed E-state index contributed by atoms with van der Waals surface area (Å²) in [6.07, 6.45) is 0.996. The van der Waals surface area contributed by atoms with E-state index in [2.05, 4.69) is 0 Å². The molecule has 1 aromatic carbocycles. The Morgan fingerprint density at radius 3 is 2.92 bits per heavy atom. The maximum absolute atomic E-state index is 5.80. The molecule has 0 saturated carbocycles. The van der Waals surface area contributed by atoms with Crippen molar-refractivity contribution in [3.05, 3.63) is 29.3 Å². The van der Waals surface area contributed by atoms with Gasteiger partial charge in [-0.05, 0) is 38.1 Å². The van der Waals surface area contributed by atoms with Crippen molar-refractivity contribution in [2.45, 2.75) is 19.4 Å². The standard InChI is InChI=1S/C10H14ClNO/c1-8(5-6-12)13-10-4-2-3-9(11)7-10/h2-4,7-8H,5-6,12H2,1H3. The molecule has 0 saturated heterocycles. The van der Waals surface area contributed by atoms with Crippen molar-refractivity contribution < 1.29 is 4.74 Å². The van der Waals surface area contributed by atoms with Crippen LogP contribution in [0.3, 0.4) is 0 Å². The van der Waals surface area contributed by atoms with Gasteiger partial charge >= 0.3 is 0 Å². The average molecular weight is 200 g/mol. The summed E-state index contributed by atoms with van der Waals surface area (Å²) in [5.74, 6) is 0.799. The number of nitrogens with two attached hydrogens (primary N) is 1. The molecule has 0 heterocycles. The smallest absolute Gasteiger partial charge is 0.121 e. The van der Waals surface area contributed by atoms with Gasteiger partial charge < -0.3 is 10.5 Å². The molecule has 1 unspecified atom stereocenters. The van der Waals surface area contributed by atoms with Crippen LogP contribution in [0.1, 0.15) is 13.3 Å². The third kappa shape index (κ3) is 3.66. The highest BCUT2D eigenvalue weighted by Crippen LogP contribution is 2.18. The van der Waals surface area contributed by atoms with E-state index in [1.807, 2.05) is 25.1 Å². The number of halogens is 1. The molecule has 3 heteroatoms. The van der Waals surface area contributed by atoms with E-state index in [9.17, 15) is 0 Å². The van der Waals surface area contributed by atoms with Crippen LogP contribution in [-0.2, 0) is 0 Å². The van der Waals surface area contributed by atoms with Crippen LogP contribution in [0.4, 0.5) is 0 Å². The Morgan fingerprint density at radius 1 is 1.54 bits per heavy atom. The van der Waals surface area contributed by atoms with Gasteiger partial charge in [-0.1, -0.05) is 17.7 Å². The fraction of sp³-hybridized carbons (Fsp3) is 0.400. The summed E-state index contributed by atoms with van der Waals surface area (Å²) in [7, 11) is 0. The van der Waals surface area contributed by atoms with Gasteiger partial charge in [0.15, 0.2) is 0 Å². The van der Waals surface area contributed by atoms with E-state index in [4.69, 9.17) is 22.1 Å². The first-order valence-electron chi connectivity index (χ1n) is 4.34. The predicted octanol–water partition coefficient (Wildman–Crippen LogP) is 2.46. The first-order chi connectivity index (χ1) is 6.22. The molecule has 0 aliphatic rings. The molecule has 1 atom stereocenters. The summed E-state index contributed by atoms with van der Waals surface area (Å²) < 4.78 is 5.57. The second-order valence-electron chi connectivity index (χ2n) is 2.96. The van der Waals surface area contributed by atoms with Crippen LogP contribution in [0.2, 0.25) is 5.02 Å². The lowest BCUT2D eigenvalue weighted by atomic mass is 10.3. The van der Waals surface area contributed by atoms with Crippen LogP contribution in [-0.4, -0.2) is 12.6 Å². The molecule has 0 radical (unpaired) electrons. The molecule has 1 rings (SSSR count). The summed E-state index contributed by atoms with van der Waals surface area (Å²) in [6, 6.07) is 7.38. The zero-order chi connectivity index (χ0) is 9.68. The van der Waals surface area contributed by atoms with Crippen LogP contribution in [0.25, 0.3) is 0 Å². The molecule has 13 heavy (non-hydrogen) atoms. The number of rotatable bonds is 4. The first kappa shape index (κ1) is 10.4. The summed E-state index contributed by atoms with van der Waals surface area (Å²) in [5, 5.41) is 0.692. The van der Waals surface area contributed by atoms with Crippen molar-refractivity contribution in [2.24, 2.45) is 5.73 Å². The van der Waals surface area contributed by atoms with Crippen LogP contribution < -0.4 is 10.5 Å². The van der Waals surface area contributed by atoms with E-state index in [0.29, 0.717) is 11.6 Å². The molecule has 0 aromatic heterocycles. The summed E-state index contributed by atoms with van der Waals surface area (Å²) >= 11 is 5.80. The van der Waals surface area contributed by atoms with E-state index < -0.39 is 0 Å². The molecule has 0 fully saturated rings. The Kier molecular flexibility index (Phi) is 4.06. The SMILES string of the molecule is CC(CCN)Oc1cccc(Cl)c1. The minimum absolute atomic E-state index is 0.142. The summed E-state index contributed by atoms with van der Waals surface area (Å²) in [4.78, 5) is 0. The quantitative estimate of drug-likeness (QED) is 0.809. The van der Waals surface area contributed by atoms with Gasteiger partial charge in [0.2, 0.25) is 0 Å². The second-order valence-corrected chi connectivity index (χ2v) is 3.40. The van der Waals surface area contributed by atoms with Crippen molar-refractivity contribution in [1.82, 2.24) is 0 Å². The zero-order valence-corrected chi connectivity index (χ0v) is 8.42. The molecule has 0 amide bonds. The Bertz CT molecular complexity index is 265. The third-order valence-electron chi connectivity index (χ3n) is 1.71. The van der Waals surface area contributed by atoms with Crippen molar-refractivity contribution in [3.8, 4) is 5.75 Å². The number of ether oxygens (including phenoxy) is 1. The number of benzene rings is 1. The van der Waals surface area contributed by atoms with Gasteiger partial charge in [0.05, 0.1) is 6.10 Å². The molecule has 2 N–H and O–H groups in total. The molecular formula is C10H14ClNO. The zero-order valence-electron chi connectivity index (χ0n) is 7.66. The summed E-state index contributed by atoms with van der Waals surface area (Å²) in [6.45, 7) is 2.63. The fourth-order valence-electron chi connectivity index (χ4n) is 1.07. The summed E-state index contributed by atoms with van der Waals surface area (Å²) in [5.41, 5.74) is 5.41. The lowest BCUT2D eigenvalue weighted by molar-refractivity contribution is 0.214. The van der Waals surface area contributed by atoms with Crippen molar-refractivity contribution >= 4 is 11.6 Å². The van der Waals surface area contributed by atoms with Crippen molar-refractivity contribution in [3.63, 3.8) is 0 Å². The molecule has 2 nitrogen and oxygen atoms in total. The van der Waals surface area contributed by atoms with Gasteiger partial charge in [0, 0.05) is 5.02 Å². The highest BCUT2D eigenvalue weighted by molar-refractivity contribution is 6.30. The number of hydrogen-bond acceptors (Lipinski definition) is 2. The van der Waals surface area contributed by atoms with Gasteiger partial charge in [-0.3, -0.25) is 0 Å². The van der Waals surface area contributed by atoms with Crippen LogP contribution >= 0.6 is 11.6 Å². The molecule has 0 aliphatic carbocycles. The van der Waals surface area contributed by atoms with Crippen LogP contribution in [0, 0.1) is 0 Å². The predicted molar refractivity (Wildman–Crippen MR) is 55.2 cm³/mol. The highest BCUT2D eigenvalue weighted by atomic mass is 35.5. The lowest BCUT2D eigenvalue weighted by Crippen LogP contribution is -2.16. The Morgan fingerprint density at radius 2 is 2.31 bits per heavy atom. The van der Waals surface area contributed by atoms with E-state index in [-0.39, 0.29) is 6.10 Å². The largest absolute Gasteiger partial charge is 0.491 e. The Hall–Kier alpha value is -0.730. The van der Waals surface area contributed by atoms with Crippen LogP contribution in [0.5, 0.6) is 5.75 Å². The molecule has 0 spiro atoms. The average Bonchev–Trinajstić information content (AvgIpc) is 2.04. The first-order valence-corrected chi connectivity index (χ1v) is 4.72. The Balaban J connectivity index is 2.53. The highest BCUT2D eigenvalue weighted by Gasteiger charge is 2.02. The van der Waals surface area contributed by atoms with E-state index >= 15 is 0 Å². The van der Waals surface area contributed by atoms with Gasteiger partial charge in [-0.15, -0.1) is 0 Å². The van der Waals surface area contributed by atoms with Gasteiger partial charge in [0.25, 0.3) is 0 Å². The minimum Gasteiger partial charge on any atom is -0.491 e. The molecule has 0 aliphatic heterocycles. The van der Waals surface area contributed by atoms with Crippen LogP contribution in [0.15, 0.2) is 24.3 Å². The fourth-order valence-corrected chi connectivity index (χ4v) is 1.25. The van der Waals surface area contributed by atoms with Crippen molar-refractivity contribution in [1.29, 1.82) is 0 Å². The molecule has 72 valence electrons. The monoisotopic (exact) mass is 199 g/mol. The van der Waals surface area contributed by atoms with E-state index in [1.165, 1.54) is 0 Å². The van der Waals surface area contributed by atoms with Gasteiger partial charge in [-0.2, -0.15) is 0 Å². The van der Waals surface area contributed by atoms with E-state index in [1.54, 1.807) is 6.07 Å². The topological polar surface area (TPSA) is 35.2 Å². The third-order valence-corrected chi connectivity index (χ3v) is 1.94. The second kappa shape index (κ2) is 5.10. The number of hydrogen-bond donors (Lipinski definition) is 1. The van der Waals surface area contributed by atoms with Crippen molar-refractivity contribution in [2.75, 3.05) is 6.54 Å². The molecule has 0 bridgehead atoms. The lowest BCUT2D eigenvalue weighted by Gasteiger charge is -2.13.